The van der Waals surface area contributed by atoms with Crippen LogP contribution < -0.4 is 5.32 Å². The molecule has 0 radical (unpaired) electrons. The summed E-state index contributed by atoms with van der Waals surface area (Å²) in [4.78, 5) is 13.3. The summed E-state index contributed by atoms with van der Waals surface area (Å²) in [6.45, 7) is 0.429. The summed E-state index contributed by atoms with van der Waals surface area (Å²) in [7, 11) is 3.40. The Kier molecular flexibility index (Phi) is 4.42. The molecule has 0 aliphatic carbocycles. The molecule has 2 rings (SSSR count). The number of hydrogen-bond donors (Lipinski definition) is 2. The van der Waals surface area contributed by atoms with Gasteiger partial charge in [-0.15, -0.1) is 0 Å². The molecule has 1 amide bonds. The van der Waals surface area contributed by atoms with E-state index in [9.17, 15) is 9.18 Å². The third kappa shape index (κ3) is 3.72. The van der Waals surface area contributed by atoms with Crippen LogP contribution in [-0.4, -0.2) is 30.0 Å². The fourth-order valence-corrected chi connectivity index (χ4v) is 1.85. The topological polar surface area (TPSA) is 52.6 Å². The van der Waals surface area contributed by atoms with Crippen molar-refractivity contribution in [1.29, 1.82) is 0 Å². The minimum Gasteiger partial charge on any atom is -0.505 e. The zero-order valence-electron chi connectivity index (χ0n) is 11.9. The first-order valence-corrected chi connectivity index (χ1v) is 6.50. The van der Waals surface area contributed by atoms with E-state index in [0.717, 1.165) is 11.3 Å². The van der Waals surface area contributed by atoms with Crippen molar-refractivity contribution in [3.8, 4) is 5.75 Å². The van der Waals surface area contributed by atoms with Crippen LogP contribution in [0.15, 0.2) is 42.5 Å². The Morgan fingerprint density at radius 2 is 1.86 bits per heavy atom. The standard InChI is InChI=1S/C16H17FN2O2/c1-19(2)16(21)12-4-6-13(7-5-12)18-10-11-3-8-15(20)14(17)9-11/h3-9,18,20H,10H2,1-2H3. The second kappa shape index (κ2) is 6.26. The molecule has 0 heterocycles. The average Bonchev–Trinajstić information content (AvgIpc) is 2.48. The Hall–Kier alpha value is -2.56. The van der Waals surface area contributed by atoms with Crippen LogP contribution in [0.25, 0.3) is 0 Å². The van der Waals surface area contributed by atoms with Crippen molar-refractivity contribution in [2.75, 3.05) is 19.4 Å². The van der Waals surface area contributed by atoms with E-state index >= 15 is 0 Å². The van der Waals surface area contributed by atoms with Crippen molar-refractivity contribution in [3.63, 3.8) is 0 Å². The van der Waals surface area contributed by atoms with Gasteiger partial charge in [-0.05, 0) is 42.0 Å². The van der Waals surface area contributed by atoms with E-state index in [1.165, 1.54) is 17.0 Å². The van der Waals surface area contributed by atoms with Gasteiger partial charge >= 0.3 is 0 Å². The van der Waals surface area contributed by atoms with Crippen molar-refractivity contribution in [1.82, 2.24) is 4.90 Å². The first-order chi connectivity index (χ1) is 9.97. The van der Waals surface area contributed by atoms with Crippen LogP contribution in [0, 0.1) is 5.82 Å². The average molecular weight is 288 g/mol. The number of halogens is 1. The van der Waals surface area contributed by atoms with Gasteiger partial charge in [-0.1, -0.05) is 6.07 Å². The minimum atomic E-state index is -0.638. The van der Waals surface area contributed by atoms with E-state index in [1.807, 2.05) is 0 Å². The number of carbonyl (C=O) groups is 1. The number of aromatic hydroxyl groups is 1. The number of carbonyl (C=O) groups excluding carboxylic acids is 1. The highest BCUT2D eigenvalue weighted by Crippen LogP contribution is 2.17. The molecule has 0 unspecified atom stereocenters. The van der Waals surface area contributed by atoms with Crippen LogP contribution in [0.1, 0.15) is 15.9 Å². The van der Waals surface area contributed by atoms with Crippen molar-refractivity contribution in [2.24, 2.45) is 0 Å². The van der Waals surface area contributed by atoms with Gasteiger partial charge in [-0.3, -0.25) is 4.79 Å². The molecule has 2 aromatic carbocycles. The molecule has 4 nitrogen and oxygen atoms in total. The van der Waals surface area contributed by atoms with E-state index in [1.54, 1.807) is 44.4 Å². The summed E-state index contributed by atoms with van der Waals surface area (Å²) in [6.07, 6.45) is 0. The Labute approximate surface area is 122 Å². The molecule has 0 bridgehead atoms. The number of benzene rings is 2. The monoisotopic (exact) mass is 288 g/mol. The van der Waals surface area contributed by atoms with Crippen molar-refractivity contribution >= 4 is 11.6 Å². The number of nitrogens with one attached hydrogen (secondary N) is 1. The molecular weight excluding hydrogens is 271 g/mol. The Balaban J connectivity index is 2.00. The number of nitrogens with zero attached hydrogens (tertiary/aromatic N) is 1. The molecule has 5 heteroatoms. The summed E-state index contributed by atoms with van der Waals surface area (Å²) in [6, 6.07) is 11.3. The molecule has 0 atom stereocenters. The Bertz CT molecular complexity index is 639. The number of anilines is 1. The van der Waals surface area contributed by atoms with Crippen LogP contribution in [0.2, 0.25) is 0 Å². The lowest BCUT2D eigenvalue weighted by Gasteiger charge is -2.11. The molecule has 0 aliphatic heterocycles. The lowest BCUT2D eigenvalue weighted by molar-refractivity contribution is 0.0827. The SMILES string of the molecule is CN(C)C(=O)c1ccc(NCc2ccc(O)c(F)c2)cc1. The fourth-order valence-electron chi connectivity index (χ4n) is 1.85. The zero-order chi connectivity index (χ0) is 15.4. The first-order valence-electron chi connectivity index (χ1n) is 6.50. The van der Waals surface area contributed by atoms with Gasteiger partial charge in [-0.25, -0.2) is 4.39 Å². The highest BCUT2D eigenvalue weighted by atomic mass is 19.1. The minimum absolute atomic E-state index is 0.0536. The third-order valence-electron chi connectivity index (χ3n) is 3.05. The number of rotatable bonds is 4. The van der Waals surface area contributed by atoms with Crippen LogP contribution in [0.3, 0.4) is 0 Å². The quantitative estimate of drug-likeness (QED) is 0.909. The molecule has 0 aromatic heterocycles. The summed E-state index contributed by atoms with van der Waals surface area (Å²) >= 11 is 0. The molecule has 0 saturated heterocycles. The van der Waals surface area contributed by atoms with Crippen LogP contribution in [-0.2, 0) is 6.54 Å². The number of hydrogen-bond acceptors (Lipinski definition) is 3. The van der Waals surface area contributed by atoms with Crippen molar-refractivity contribution in [3.05, 3.63) is 59.4 Å². The van der Waals surface area contributed by atoms with Gasteiger partial charge in [0.05, 0.1) is 0 Å². The largest absolute Gasteiger partial charge is 0.505 e. The summed E-state index contributed by atoms with van der Waals surface area (Å²) in [5.74, 6) is -1.05. The van der Waals surface area contributed by atoms with Gasteiger partial charge in [0.15, 0.2) is 11.6 Å². The molecule has 21 heavy (non-hydrogen) atoms. The molecular formula is C16H17FN2O2. The maximum absolute atomic E-state index is 13.2. The molecule has 2 N–H and O–H groups in total. The number of phenolic OH excluding ortho intramolecular Hbond substituents is 1. The van der Waals surface area contributed by atoms with E-state index in [-0.39, 0.29) is 11.7 Å². The Morgan fingerprint density at radius 1 is 1.19 bits per heavy atom. The van der Waals surface area contributed by atoms with Crippen LogP contribution in [0.5, 0.6) is 5.75 Å². The lowest BCUT2D eigenvalue weighted by Crippen LogP contribution is -2.21. The van der Waals surface area contributed by atoms with Crippen LogP contribution >= 0.6 is 0 Å². The number of amides is 1. The lowest BCUT2D eigenvalue weighted by atomic mass is 10.1. The summed E-state index contributed by atoms with van der Waals surface area (Å²) in [5, 5.41) is 12.3. The molecule has 110 valence electrons. The van der Waals surface area contributed by atoms with Gasteiger partial charge in [0.1, 0.15) is 0 Å². The molecule has 0 saturated carbocycles. The van der Waals surface area contributed by atoms with Gasteiger partial charge in [0.25, 0.3) is 5.91 Å². The first kappa shape index (κ1) is 14.8. The smallest absolute Gasteiger partial charge is 0.253 e. The normalized spacial score (nSPS) is 10.2. The van der Waals surface area contributed by atoms with E-state index in [2.05, 4.69) is 5.32 Å². The third-order valence-corrected chi connectivity index (χ3v) is 3.05. The molecule has 0 spiro atoms. The van der Waals surface area contributed by atoms with Gasteiger partial charge in [0, 0.05) is 31.9 Å². The second-order valence-electron chi connectivity index (χ2n) is 4.92. The Morgan fingerprint density at radius 3 is 2.43 bits per heavy atom. The summed E-state index contributed by atoms with van der Waals surface area (Å²) in [5.41, 5.74) is 2.17. The highest BCUT2D eigenvalue weighted by molar-refractivity contribution is 5.94. The maximum Gasteiger partial charge on any atom is 0.253 e. The maximum atomic E-state index is 13.2. The van der Waals surface area contributed by atoms with Gasteiger partial charge < -0.3 is 15.3 Å². The molecule has 0 fully saturated rings. The predicted molar refractivity (Wildman–Crippen MR) is 79.9 cm³/mol. The zero-order valence-corrected chi connectivity index (χ0v) is 11.9. The fraction of sp³-hybridized carbons (Fsp3) is 0.188. The summed E-state index contributed by atoms with van der Waals surface area (Å²) < 4.78 is 13.2. The molecule has 0 aliphatic rings. The van der Waals surface area contributed by atoms with E-state index in [4.69, 9.17) is 5.11 Å². The van der Waals surface area contributed by atoms with Crippen molar-refractivity contribution < 1.29 is 14.3 Å². The van der Waals surface area contributed by atoms with Gasteiger partial charge in [-0.2, -0.15) is 0 Å². The molecule has 2 aromatic rings. The van der Waals surface area contributed by atoms with E-state index < -0.39 is 5.82 Å². The van der Waals surface area contributed by atoms with Crippen LogP contribution in [0.4, 0.5) is 10.1 Å². The predicted octanol–water partition coefficient (Wildman–Crippen LogP) is 2.85. The second-order valence-corrected chi connectivity index (χ2v) is 4.92. The van der Waals surface area contributed by atoms with E-state index in [0.29, 0.717) is 12.1 Å². The highest BCUT2D eigenvalue weighted by Gasteiger charge is 2.07. The van der Waals surface area contributed by atoms with Crippen molar-refractivity contribution in [2.45, 2.75) is 6.54 Å². The number of phenols is 1. The van der Waals surface area contributed by atoms with Gasteiger partial charge in [0.2, 0.25) is 0 Å².